The number of hydrogen-bond acceptors (Lipinski definition) is 9. The molecular weight excluding hydrogens is 437 g/mol. The summed E-state index contributed by atoms with van der Waals surface area (Å²) in [4.78, 5) is 12.9. The molecule has 1 unspecified atom stereocenters. The van der Waals surface area contributed by atoms with Crippen LogP contribution in [-0.2, 0) is 27.2 Å². The zero-order valence-electron chi connectivity index (χ0n) is 17.4. The van der Waals surface area contributed by atoms with Crippen LogP contribution in [0.2, 0.25) is 0 Å². The molecule has 0 saturated heterocycles. The average molecular weight is 464 g/mol. The number of ketones is 1. The van der Waals surface area contributed by atoms with Crippen molar-refractivity contribution in [2.75, 3.05) is 26.4 Å². The van der Waals surface area contributed by atoms with E-state index >= 15 is 0 Å². The zero-order chi connectivity index (χ0) is 22.4. The molecule has 1 heterocycles. The number of hydrogen-bond donors (Lipinski definition) is 0. The number of Topliss-reactive ketones (excluding diaryl/α,β-unsaturated/α-hetero) is 1. The molecule has 0 bridgehead atoms. The Morgan fingerprint density at radius 2 is 1.47 bits per heavy atom. The van der Waals surface area contributed by atoms with Gasteiger partial charge in [0, 0.05) is 6.42 Å². The minimum atomic E-state index is -4.28. The van der Waals surface area contributed by atoms with Crippen LogP contribution in [0.15, 0.2) is 34.5 Å². The fourth-order valence-corrected chi connectivity index (χ4v) is 8.48. The van der Waals surface area contributed by atoms with Crippen LogP contribution in [0.25, 0.3) is 0 Å². The molecule has 0 aromatic heterocycles. The van der Waals surface area contributed by atoms with E-state index < -0.39 is 44.3 Å². The SMILES string of the molecule is CCOP(=O)(OCC)C1(P(=O)(OCC)OCC)CC(C(=O)c2ccccc2F)N=N1. The van der Waals surface area contributed by atoms with Gasteiger partial charge in [-0.15, -0.1) is 0 Å². The highest BCUT2D eigenvalue weighted by Gasteiger charge is 2.69. The molecule has 1 atom stereocenters. The summed E-state index contributed by atoms with van der Waals surface area (Å²) in [6.07, 6.45) is -0.436. The second-order valence-electron chi connectivity index (χ2n) is 6.22. The molecule has 0 radical (unpaired) electrons. The van der Waals surface area contributed by atoms with Crippen molar-refractivity contribution in [2.24, 2.45) is 10.2 Å². The van der Waals surface area contributed by atoms with Crippen molar-refractivity contribution in [3.63, 3.8) is 0 Å². The Morgan fingerprint density at radius 1 is 1.00 bits per heavy atom. The second kappa shape index (κ2) is 10.4. The maximum atomic E-state index is 14.1. The van der Waals surface area contributed by atoms with Gasteiger partial charge in [-0.05, 0) is 39.8 Å². The molecule has 0 saturated carbocycles. The van der Waals surface area contributed by atoms with E-state index in [1.54, 1.807) is 27.7 Å². The molecule has 0 amide bonds. The zero-order valence-corrected chi connectivity index (χ0v) is 19.2. The normalized spacial score (nSPS) is 18.6. The van der Waals surface area contributed by atoms with Gasteiger partial charge in [0.2, 0.25) is 0 Å². The number of carbonyl (C=O) groups excluding carboxylic acids is 1. The predicted octanol–water partition coefficient (Wildman–Crippen LogP) is 5.42. The van der Waals surface area contributed by atoms with Gasteiger partial charge < -0.3 is 18.1 Å². The molecule has 1 aromatic rings. The molecule has 168 valence electrons. The summed E-state index contributed by atoms with van der Waals surface area (Å²) in [5.41, 5.74) is -0.206. The van der Waals surface area contributed by atoms with Crippen LogP contribution in [0.1, 0.15) is 44.5 Å². The van der Waals surface area contributed by atoms with Crippen LogP contribution in [0.3, 0.4) is 0 Å². The summed E-state index contributed by atoms with van der Waals surface area (Å²) in [7, 11) is -8.56. The van der Waals surface area contributed by atoms with Crippen molar-refractivity contribution in [1.82, 2.24) is 0 Å². The third-order valence-corrected chi connectivity index (χ3v) is 10.5. The highest BCUT2D eigenvalue weighted by molar-refractivity contribution is 7.74. The van der Waals surface area contributed by atoms with Gasteiger partial charge >= 0.3 is 15.2 Å². The van der Waals surface area contributed by atoms with Gasteiger partial charge in [-0.1, -0.05) is 12.1 Å². The summed E-state index contributed by atoms with van der Waals surface area (Å²) < 4.78 is 63.4. The Kier molecular flexibility index (Phi) is 8.62. The molecule has 30 heavy (non-hydrogen) atoms. The largest absolute Gasteiger partial charge is 0.372 e. The summed E-state index contributed by atoms with van der Waals surface area (Å²) in [6.45, 7) is 6.16. The topological polar surface area (TPSA) is 113 Å². The maximum Gasteiger partial charge on any atom is 0.372 e. The molecule has 12 heteroatoms. The Morgan fingerprint density at radius 3 is 1.90 bits per heavy atom. The molecular formula is C18H27FN2O7P2. The predicted molar refractivity (Wildman–Crippen MR) is 108 cm³/mol. The van der Waals surface area contributed by atoms with Gasteiger partial charge in [0.25, 0.3) is 5.02 Å². The highest BCUT2D eigenvalue weighted by atomic mass is 31.2. The first-order valence-corrected chi connectivity index (χ1v) is 12.8. The first kappa shape index (κ1) is 25.0. The van der Waals surface area contributed by atoms with E-state index in [0.717, 1.165) is 6.07 Å². The Bertz CT molecular complexity index is 830. The Hall–Kier alpha value is -1.28. The molecule has 0 fully saturated rings. The van der Waals surface area contributed by atoms with E-state index in [0.29, 0.717) is 0 Å². The number of carbonyl (C=O) groups is 1. The number of halogens is 1. The molecule has 1 aromatic carbocycles. The highest BCUT2D eigenvalue weighted by Crippen LogP contribution is 2.81. The van der Waals surface area contributed by atoms with Gasteiger partial charge in [-0.25, -0.2) is 4.39 Å². The lowest BCUT2D eigenvalue weighted by Gasteiger charge is -2.36. The van der Waals surface area contributed by atoms with Crippen molar-refractivity contribution in [3.05, 3.63) is 35.6 Å². The van der Waals surface area contributed by atoms with Gasteiger partial charge in [0.05, 0.1) is 32.0 Å². The number of rotatable bonds is 12. The molecule has 2 rings (SSSR count). The van der Waals surface area contributed by atoms with Crippen LogP contribution in [-0.4, -0.2) is 43.3 Å². The maximum absolute atomic E-state index is 14.1. The van der Waals surface area contributed by atoms with Crippen LogP contribution in [0.5, 0.6) is 0 Å². The lowest BCUT2D eigenvalue weighted by molar-refractivity contribution is 0.0956. The Labute approximate surface area is 175 Å². The molecule has 9 nitrogen and oxygen atoms in total. The lowest BCUT2D eigenvalue weighted by Crippen LogP contribution is -2.33. The number of azo groups is 1. The van der Waals surface area contributed by atoms with Crippen LogP contribution >= 0.6 is 15.2 Å². The smallest absolute Gasteiger partial charge is 0.307 e. The van der Waals surface area contributed by atoms with Crippen molar-refractivity contribution in [2.45, 2.75) is 45.2 Å². The molecule has 0 N–H and O–H groups in total. The van der Waals surface area contributed by atoms with Crippen molar-refractivity contribution >= 4 is 21.0 Å². The van der Waals surface area contributed by atoms with Crippen LogP contribution in [0, 0.1) is 5.82 Å². The van der Waals surface area contributed by atoms with Gasteiger partial charge in [-0.3, -0.25) is 13.9 Å². The Balaban J connectivity index is 2.58. The van der Waals surface area contributed by atoms with E-state index in [9.17, 15) is 18.3 Å². The van der Waals surface area contributed by atoms with E-state index in [1.165, 1.54) is 18.2 Å². The first-order valence-electron chi connectivity index (χ1n) is 9.73. The van der Waals surface area contributed by atoms with Crippen molar-refractivity contribution in [1.29, 1.82) is 0 Å². The summed E-state index contributed by atoms with van der Waals surface area (Å²) in [6, 6.07) is 4.15. The van der Waals surface area contributed by atoms with Gasteiger partial charge in [0.15, 0.2) is 5.78 Å². The minimum Gasteiger partial charge on any atom is -0.307 e. The average Bonchev–Trinajstić information content (AvgIpc) is 3.17. The van der Waals surface area contributed by atoms with Crippen LogP contribution < -0.4 is 0 Å². The summed E-state index contributed by atoms with van der Waals surface area (Å²) in [5.74, 6) is -1.43. The summed E-state index contributed by atoms with van der Waals surface area (Å²) >= 11 is 0. The van der Waals surface area contributed by atoms with Crippen molar-refractivity contribution in [3.8, 4) is 0 Å². The third kappa shape index (κ3) is 4.49. The van der Waals surface area contributed by atoms with Crippen molar-refractivity contribution < 1.29 is 36.4 Å². The number of nitrogens with zero attached hydrogens (tertiary/aromatic N) is 2. The van der Waals surface area contributed by atoms with Crippen LogP contribution in [0.4, 0.5) is 4.39 Å². The molecule has 1 aliphatic rings. The number of benzene rings is 1. The molecule has 0 spiro atoms. The van der Waals surface area contributed by atoms with E-state index in [1.807, 2.05) is 0 Å². The van der Waals surface area contributed by atoms with E-state index in [-0.39, 0.29) is 32.0 Å². The van der Waals surface area contributed by atoms with E-state index in [4.69, 9.17) is 18.1 Å². The van der Waals surface area contributed by atoms with Gasteiger partial charge in [-0.2, -0.15) is 10.2 Å². The summed E-state index contributed by atoms with van der Waals surface area (Å²) in [5, 5.41) is 5.73. The van der Waals surface area contributed by atoms with E-state index in [2.05, 4.69) is 10.2 Å². The monoisotopic (exact) mass is 464 g/mol. The van der Waals surface area contributed by atoms with Gasteiger partial charge in [0.1, 0.15) is 11.9 Å². The first-order chi connectivity index (χ1) is 14.2. The lowest BCUT2D eigenvalue weighted by atomic mass is 10.0. The second-order valence-corrected chi connectivity index (χ2v) is 11.1. The molecule has 1 aliphatic heterocycles. The standard InChI is InChI=1S/C18H27FN2O7P2/c1-5-25-29(23,26-6-2)18(30(24,27-7-3)28-8-4)13-16(20-21-18)17(22)14-11-9-10-12-15(14)19/h9-12,16H,5-8,13H2,1-4H3. The third-order valence-electron chi connectivity index (χ3n) is 4.34. The molecule has 0 aliphatic carbocycles. The fourth-order valence-electron chi connectivity index (χ4n) is 3.14. The quantitative estimate of drug-likeness (QED) is 0.300. The fraction of sp³-hybridized carbons (Fsp3) is 0.611. The minimum absolute atomic E-state index is 0.0429.